The molecule has 4 rings (SSSR count). The standard InChI is InChI=1S/C20H16ClF2N5O4S/c1-10-13-6-12(8-24-19(13)27-26-10)32-9-14-15(21)3-4-16(18(14)23)28-33(29,30)17-5-11(22)7-25-20(17)31-2/h3-8,28H,9H2,1-2H3,(H,24,26,27). The molecule has 0 atom stereocenters. The van der Waals surface area contributed by atoms with Gasteiger partial charge in [0.05, 0.1) is 30.2 Å². The minimum atomic E-state index is -4.44. The number of hydrogen-bond donors (Lipinski definition) is 2. The van der Waals surface area contributed by atoms with E-state index in [-0.39, 0.29) is 23.1 Å². The van der Waals surface area contributed by atoms with Gasteiger partial charge >= 0.3 is 0 Å². The van der Waals surface area contributed by atoms with E-state index >= 15 is 4.39 Å². The van der Waals surface area contributed by atoms with Crippen molar-refractivity contribution in [2.24, 2.45) is 0 Å². The molecule has 2 N–H and O–H groups in total. The number of H-pyrrole nitrogens is 1. The lowest BCUT2D eigenvalue weighted by molar-refractivity contribution is 0.299. The van der Waals surface area contributed by atoms with Crippen molar-refractivity contribution in [3.8, 4) is 11.6 Å². The van der Waals surface area contributed by atoms with Crippen LogP contribution >= 0.6 is 11.6 Å². The Morgan fingerprint density at radius 1 is 1.18 bits per heavy atom. The first kappa shape index (κ1) is 22.7. The molecular formula is C20H16ClF2N5O4S. The highest BCUT2D eigenvalue weighted by Crippen LogP contribution is 2.30. The van der Waals surface area contributed by atoms with Crippen molar-refractivity contribution < 1.29 is 26.7 Å². The summed E-state index contributed by atoms with van der Waals surface area (Å²) in [6, 6.07) is 4.85. The summed E-state index contributed by atoms with van der Waals surface area (Å²) in [5.41, 5.74) is 0.780. The van der Waals surface area contributed by atoms with E-state index in [0.29, 0.717) is 17.5 Å². The molecule has 0 bridgehead atoms. The molecule has 13 heteroatoms. The number of anilines is 1. The Morgan fingerprint density at radius 3 is 2.73 bits per heavy atom. The van der Waals surface area contributed by atoms with E-state index in [9.17, 15) is 12.8 Å². The van der Waals surface area contributed by atoms with Crippen LogP contribution < -0.4 is 14.2 Å². The molecule has 0 aliphatic carbocycles. The van der Waals surface area contributed by atoms with Crippen LogP contribution in [0.25, 0.3) is 11.0 Å². The zero-order valence-electron chi connectivity index (χ0n) is 17.2. The maximum atomic E-state index is 15.2. The molecule has 3 heterocycles. The highest BCUT2D eigenvalue weighted by Gasteiger charge is 2.24. The fourth-order valence-electron chi connectivity index (χ4n) is 3.00. The number of aromatic amines is 1. The third-order valence-corrected chi connectivity index (χ3v) is 6.37. The lowest BCUT2D eigenvalue weighted by Crippen LogP contribution is -2.16. The fourth-order valence-corrected chi connectivity index (χ4v) is 4.39. The molecule has 4 aromatic rings. The highest BCUT2D eigenvalue weighted by molar-refractivity contribution is 7.92. The van der Waals surface area contributed by atoms with Gasteiger partial charge in [0.25, 0.3) is 10.0 Å². The Morgan fingerprint density at radius 2 is 1.97 bits per heavy atom. The van der Waals surface area contributed by atoms with Gasteiger partial charge in [-0.3, -0.25) is 9.82 Å². The normalized spacial score (nSPS) is 11.5. The van der Waals surface area contributed by atoms with Crippen molar-refractivity contribution in [1.29, 1.82) is 0 Å². The molecule has 0 radical (unpaired) electrons. The van der Waals surface area contributed by atoms with E-state index in [1.807, 2.05) is 6.92 Å². The Hall–Kier alpha value is -3.51. The van der Waals surface area contributed by atoms with Gasteiger partial charge in [0, 0.05) is 22.7 Å². The number of aromatic nitrogens is 4. The third-order valence-electron chi connectivity index (χ3n) is 4.66. The molecule has 0 amide bonds. The van der Waals surface area contributed by atoms with Gasteiger partial charge in [-0.05, 0) is 25.1 Å². The summed E-state index contributed by atoms with van der Waals surface area (Å²) in [5.74, 6) is -1.87. The molecule has 0 fully saturated rings. The Balaban J connectivity index is 1.61. The van der Waals surface area contributed by atoms with E-state index < -0.39 is 32.2 Å². The molecule has 0 spiro atoms. The molecule has 0 saturated heterocycles. The zero-order chi connectivity index (χ0) is 23.8. The number of ether oxygens (including phenoxy) is 2. The van der Waals surface area contributed by atoms with Gasteiger partial charge in [-0.15, -0.1) is 0 Å². The first-order valence-corrected chi connectivity index (χ1v) is 11.2. The second-order valence-corrected chi connectivity index (χ2v) is 8.89. The molecule has 9 nitrogen and oxygen atoms in total. The number of aryl methyl sites for hydroxylation is 1. The van der Waals surface area contributed by atoms with Gasteiger partial charge < -0.3 is 9.47 Å². The number of hydrogen-bond acceptors (Lipinski definition) is 7. The van der Waals surface area contributed by atoms with Gasteiger partial charge in [-0.2, -0.15) is 5.10 Å². The topological polar surface area (TPSA) is 119 Å². The molecule has 0 aliphatic heterocycles. The number of pyridine rings is 2. The van der Waals surface area contributed by atoms with E-state index in [1.54, 1.807) is 6.07 Å². The maximum Gasteiger partial charge on any atom is 0.267 e. The lowest BCUT2D eigenvalue weighted by Gasteiger charge is -2.14. The molecule has 0 saturated carbocycles. The number of benzene rings is 1. The molecular weight excluding hydrogens is 480 g/mol. The second kappa shape index (κ2) is 8.79. The summed E-state index contributed by atoms with van der Waals surface area (Å²) in [6.45, 7) is 1.51. The van der Waals surface area contributed by atoms with Crippen molar-refractivity contribution in [2.45, 2.75) is 18.4 Å². The number of fused-ring (bicyclic) bond motifs is 1. The summed E-state index contributed by atoms with van der Waals surface area (Å²) in [7, 11) is -3.27. The molecule has 3 aromatic heterocycles. The number of nitrogens with zero attached hydrogens (tertiary/aromatic N) is 3. The third kappa shape index (κ3) is 4.52. The van der Waals surface area contributed by atoms with Gasteiger partial charge in [0.2, 0.25) is 5.88 Å². The smallest absolute Gasteiger partial charge is 0.267 e. The van der Waals surface area contributed by atoms with Crippen LogP contribution in [0.5, 0.6) is 11.6 Å². The Labute approximate surface area is 191 Å². The van der Waals surface area contributed by atoms with Crippen molar-refractivity contribution in [3.05, 3.63) is 64.6 Å². The molecule has 0 aliphatic rings. The van der Waals surface area contributed by atoms with Crippen molar-refractivity contribution in [2.75, 3.05) is 11.8 Å². The summed E-state index contributed by atoms with van der Waals surface area (Å²) >= 11 is 6.12. The van der Waals surface area contributed by atoms with E-state index in [1.165, 1.54) is 19.4 Å². The number of nitrogens with one attached hydrogen (secondary N) is 2. The number of rotatable bonds is 7. The van der Waals surface area contributed by atoms with Gasteiger partial charge in [-0.25, -0.2) is 27.2 Å². The van der Waals surface area contributed by atoms with Crippen LogP contribution in [0.1, 0.15) is 11.3 Å². The first-order valence-electron chi connectivity index (χ1n) is 9.32. The van der Waals surface area contributed by atoms with Crippen molar-refractivity contribution >= 4 is 38.3 Å². The highest BCUT2D eigenvalue weighted by atomic mass is 35.5. The summed E-state index contributed by atoms with van der Waals surface area (Å²) in [5, 5.41) is 7.58. The van der Waals surface area contributed by atoms with Crippen molar-refractivity contribution in [1.82, 2.24) is 20.2 Å². The monoisotopic (exact) mass is 495 g/mol. The van der Waals surface area contributed by atoms with Crippen molar-refractivity contribution in [3.63, 3.8) is 0 Å². The van der Waals surface area contributed by atoms with Gasteiger partial charge in [0.1, 0.15) is 18.2 Å². The largest absolute Gasteiger partial charge is 0.487 e. The SMILES string of the molecule is COc1ncc(F)cc1S(=O)(=O)Nc1ccc(Cl)c(COc2cnc3n[nH]c(C)c3c2)c1F. The van der Waals surface area contributed by atoms with Crippen LogP contribution in [0.4, 0.5) is 14.5 Å². The van der Waals surface area contributed by atoms with Crippen LogP contribution in [0.15, 0.2) is 41.6 Å². The maximum absolute atomic E-state index is 15.2. The van der Waals surface area contributed by atoms with E-state index in [0.717, 1.165) is 23.3 Å². The van der Waals surface area contributed by atoms with Crippen LogP contribution in [-0.2, 0) is 16.6 Å². The quantitative estimate of drug-likeness (QED) is 0.398. The Kier molecular flexibility index (Phi) is 6.04. The predicted molar refractivity (Wildman–Crippen MR) is 116 cm³/mol. The van der Waals surface area contributed by atoms with Crippen LogP contribution in [-0.4, -0.2) is 35.7 Å². The van der Waals surface area contributed by atoms with Crippen LogP contribution in [0, 0.1) is 18.6 Å². The number of sulfonamides is 1. The van der Waals surface area contributed by atoms with E-state index in [4.69, 9.17) is 21.1 Å². The van der Waals surface area contributed by atoms with Crippen LogP contribution in [0.2, 0.25) is 5.02 Å². The minimum Gasteiger partial charge on any atom is -0.487 e. The van der Waals surface area contributed by atoms with Gasteiger partial charge in [0.15, 0.2) is 16.4 Å². The Bertz CT molecular complexity index is 1460. The summed E-state index contributed by atoms with van der Waals surface area (Å²) < 4.78 is 66.8. The second-order valence-electron chi connectivity index (χ2n) is 6.83. The predicted octanol–water partition coefficient (Wildman–Crippen LogP) is 3.98. The minimum absolute atomic E-state index is 0.0222. The molecule has 33 heavy (non-hydrogen) atoms. The zero-order valence-corrected chi connectivity index (χ0v) is 18.8. The number of halogens is 3. The average molecular weight is 496 g/mol. The summed E-state index contributed by atoms with van der Waals surface area (Å²) in [4.78, 5) is 7.14. The molecule has 172 valence electrons. The number of methoxy groups -OCH3 is 1. The molecule has 1 aromatic carbocycles. The van der Waals surface area contributed by atoms with E-state index in [2.05, 4.69) is 24.9 Å². The fraction of sp³-hybridized carbons (Fsp3) is 0.150. The average Bonchev–Trinajstić information content (AvgIpc) is 3.16. The first-order chi connectivity index (χ1) is 15.7. The van der Waals surface area contributed by atoms with Gasteiger partial charge in [-0.1, -0.05) is 11.6 Å². The molecule has 0 unspecified atom stereocenters. The lowest BCUT2D eigenvalue weighted by atomic mass is 10.2. The van der Waals surface area contributed by atoms with Crippen LogP contribution in [0.3, 0.4) is 0 Å². The summed E-state index contributed by atoms with van der Waals surface area (Å²) in [6.07, 6.45) is 2.22.